The molecule has 8 nitrogen and oxygen atoms in total. The van der Waals surface area contributed by atoms with E-state index in [1.54, 1.807) is 11.8 Å². The molecule has 0 radical (unpaired) electrons. The fourth-order valence-corrected chi connectivity index (χ4v) is 5.17. The molecule has 11 heteroatoms. The molecule has 1 aromatic rings. The Labute approximate surface area is 202 Å². The minimum absolute atomic E-state index is 0.0667. The topological polar surface area (TPSA) is 118 Å². The summed E-state index contributed by atoms with van der Waals surface area (Å²) in [5.74, 6) is -4.47. The van der Waals surface area contributed by atoms with Gasteiger partial charge in [0.2, 0.25) is 11.5 Å². The smallest absolute Gasteiger partial charge is 0.356 e. The van der Waals surface area contributed by atoms with Crippen LogP contribution in [0.3, 0.4) is 0 Å². The average Bonchev–Trinajstić information content (AvgIpc) is 3.23. The van der Waals surface area contributed by atoms with Gasteiger partial charge < -0.3 is 15.6 Å². The number of aryl methyl sites for hydroxylation is 1. The summed E-state index contributed by atoms with van der Waals surface area (Å²) in [4.78, 5) is 41.5. The van der Waals surface area contributed by atoms with E-state index in [9.17, 15) is 32.8 Å². The number of carbonyl (C=O) groups is 2. The molecule has 0 bridgehead atoms. The van der Waals surface area contributed by atoms with Gasteiger partial charge in [0.15, 0.2) is 0 Å². The summed E-state index contributed by atoms with van der Waals surface area (Å²) in [5.41, 5.74) is 0.285. The second kappa shape index (κ2) is 10.8. The molecule has 2 amide bonds. The molecule has 4 unspecified atom stereocenters. The molecule has 3 rings (SSSR count). The van der Waals surface area contributed by atoms with Gasteiger partial charge >= 0.3 is 6.18 Å². The summed E-state index contributed by atoms with van der Waals surface area (Å²) >= 11 is 0. The van der Waals surface area contributed by atoms with E-state index in [4.69, 9.17) is 0 Å². The Bertz CT molecular complexity index is 1030. The lowest BCUT2D eigenvalue weighted by atomic mass is 9.70. The number of nitriles is 1. The Balaban J connectivity index is 1.80. The second-order valence-corrected chi connectivity index (χ2v) is 10.1. The lowest BCUT2D eigenvalue weighted by Gasteiger charge is -2.44. The molecule has 0 aromatic carbocycles. The van der Waals surface area contributed by atoms with Crippen molar-refractivity contribution in [2.75, 3.05) is 19.6 Å². The zero-order valence-electron chi connectivity index (χ0n) is 20.1. The molecular formula is C24H32F3N5O3. The van der Waals surface area contributed by atoms with Crippen LogP contribution in [0.25, 0.3) is 0 Å². The number of likely N-dealkylation sites (tertiary alicyclic amines) is 1. The molecule has 0 spiro atoms. The van der Waals surface area contributed by atoms with Crippen molar-refractivity contribution in [3.8, 4) is 6.07 Å². The largest absolute Gasteiger partial charge is 0.393 e. The van der Waals surface area contributed by atoms with Gasteiger partial charge in [-0.3, -0.25) is 19.3 Å². The number of pyridine rings is 1. The monoisotopic (exact) mass is 495 g/mol. The predicted octanol–water partition coefficient (Wildman–Crippen LogP) is 2.36. The maximum Gasteiger partial charge on any atom is 0.393 e. The minimum Gasteiger partial charge on any atom is -0.356 e. The maximum atomic E-state index is 14.1. The van der Waals surface area contributed by atoms with Gasteiger partial charge in [-0.2, -0.15) is 18.4 Å². The normalized spacial score (nSPS) is 27.4. The SMILES string of the molecule is Cc1cc(C(=O)N[C@@H]2CCN(C3C(C(=O)NCC(C)C)CC(C#N)CC3C(F)(F)F)C2)cc(=O)[nH]1. The summed E-state index contributed by atoms with van der Waals surface area (Å²) < 4.78 is 42.4. The number of alkyl halides is 3. The highest BCUT2D eigenvalue weighted by atomic mass is 19.4. The molecule has 2 fully saturated rings. The molecule has 3 N–H and O–H groups in total. The van der Waals surface area contributed by atoms with Crippen LogP contribution in [0.5, 0.6) is 0 Å². The molecular weight excluding hydrogens is 463 g/mol. The molecule has 2 heterocycles. The number of amides is 2. The highest BCUT2D eigenvalue weighted by molar-refractivity contribution is 5.94. The number of rotatable bonds is 6. The quantitative estimate of drug-likeness (QED) is 0.560. The summed E-state index contributed by atoms with van der Waals surface area (Å²) in [5, 5.41) is 15.0. The Morgan fingerprint density at radius 1 is 1.29 bits per heavy atom. The Morgan fingerprint density at radius 3 is 2.60 bits per heavy atom. The average molecular weight is 496 g/mol. The molecule has 5 atom stereocenters. The van der Waals surface area contributed by atoms with Crippen LogP contribution in [0.15, 0.2) is 16.9 Å². The first kappa shape index (κ1) is 26.7. The van der Waals surface area contributed by atoms with Crippen LogP contribution in [0.4, 0.5) is 13.2 Å². The van der Waals surface area contributed by atoms with Crippen LogP contribution >= 0.6 is 0 Å². The first-order valence-electron chi connectivity index (χ1n) is 11.9. The van der Waals surface area contributed by atoms with Crippen molar-refractivity contribution >= 4 is 11.8 Å². The van der Waals surface area contributed by atoms with Crippen molar-refractivity contribution in [1.82, 2.24) is 20.5 Å². The summed E-state index contributed by atoms with van der Waals surface area (Å²) in [6.45, 7) is 6.20. The second-order valence-electron chi connectivity index (χ2n) is 10.1. The number of hydrogen-bond acceptors (Lipinski definition) is 5. The van der Waals surface area contributed by atoms with Crippen LogP contribution < -0.4 is 16.2 Å². The molecule has 1 saturated heterocycles. The van der Waals surface area contributed by atoms with Crippen LogP contribution in [-0.4, -0.2) is 59.6 Å². The molecule has 1 saturated carbocycles. The van der Waals surface area contributed by atoms with E-state index in [-0.39, 0.29) is 37.4 Å². The van der Waals surface area contributed by atoms with E-state index in [1.807, 2.05) is 19.9 Å². The molecule has 2 aliphatic rings. The third-order valence-electron chi connectivity index (χ3n) is 6.74. The number of hydrogen-bond donors (Lipinski definition) is 3. The summed E-state index contributed by atoms with van der Waals surface area (Å²) in [6, 6.07) is 3.11. The van der Waals surface area contributed by atoms with Crippen molar-refractivity contribution in [2.45, 2.75) is 58.3 Å². The fourth-order valence-electron chi connectivity index (χ4n) is 5.17. The van der Waals surface area contributed by atoms with Gasteiger partial charge in [0.05, 0.1) is 17.9 Å². The van der Waals surface area contributed by atoms with Gasteiger partial charge in [-0.1, -0.05) is 13.8 Å². The number of H-pyrrole nitrogens is 1. The first-order valence-corrected chi connectivity index (χ1v) is 11.9. The van der Waals surface area contributed by atoms with Crippen molar-refractivity contribution < 1.29 is 22.8 Å². The molecule has 192 valence electrons. The predicted molar refractivity (Wildman–Crippen MR) is 122 cm³/mol. The summed E-state index contributed by atoms with van der Waals surface area (Å²) in [7, 11) is 0. The molecule has 1 aromatic heterocycles. The van der Waals surface area contributed by atoms with Crippen molar-refractivity contribution in [1.29, 1.82) is 5.26 Å². The first-order chi connectivity index (χ1) is 16.4. The van der Waals surface area contributed by atoms with E-state index < -0.39 is 53.4 Å². The van der Waals surface area contributed by atoms with Crippen LogP contribution in [0.1, 0.15) is 49.2 Å². The van der Waals surface area contributed by atoms with E-state index in [0.717, 1.165) is 0 Å². The number of aromatic nitrogens is 1. The number of nitrogens with one attached hydrogen (secondary N) is 3. The van der Waals surface area contributed by atoms with Gasteiger partial charge in [0.25, 0.3) is 5.91 Å². The molecule has 1 aliphatic carbocycles. The molecule has 35 heavy (non-hydrogen) atoms. The Morgan fingerprint density at radius 2 is 2.00 bits per heavy atom. The van der Waals surface area contributed by atoms with E-state index in [1.165, 1.54) is 12.1 Å². The van der Waals surface area contributed by atoms with Crippen LogP contribution in [0, 0.1) is 41.9 Å². The fraction of sp³-hybridized carbons (Fsp3) is 0.667. The van der Waals surface area contributed by atoms with E-state index in [2.05, 4.69) is 15.6 Å². The lowest BCUT2D eigenvalue weighted by Crippen LogP contribution is -2.57. The zero-order chi connectivity index (χ0) is 25.9. The summed E-state index contributed by atoms with van der Waals surface area (Å²) in [6.07, 6.45) is -4.44. The maximum absolute atomic E-state index is 14.1. The highest BCUT2D eigenvalue weighted by Crippen LogP contribution is 2.45. The van der Waals surface area contributed by atoms with Crippen LogP contribution in [0.2, 0.25) is 0 Å². The Hall–Kier alpha value is -2.87. The standard InChI is InChI=1S/C24H32F3N5O3/c1-13(2)11-29-23(35)18-7-15(10-28)8-19(24(25,26)27)21(18)32-5-4-17(12-32)31-22(34)16-6-14(3)30-20(33)9-16/h6,9,13,15,17-19,21H,4-5,7-8,11-12H2,1-3H3,(H,29,35)(H,30,33)(H,31,34)/t15?,17-,18?,19?,21?/m1/s1. The number of nitrogens with zero attached hydrogens (tertiary/aromatic N) is 2. The third-order valence-corrected chi connectivity index (χ3v) is 6.74. The van der Waals surface area contributed by atoms with Crippen molar-refractivity contribution in [3.05, 3.63) is 33.7 Å². The van der Waals surface area contributed by atoms with Gasteiger partial charge in [0, 0.05) is 55.0 Å². The van der Waals surface area contributed by atoms with Crippen molar-refractivity contribution in [2.24, 2.45) is 23.7 Å². The zero-order valence-corrected chi connectivity index (χ0v) is 20.1. The van der Waals surface area contributed by atoms with E-state index in [0.29, 0.717) is 18.7 Å². The van der Waals surface area contributed by atoms with Gasteiger partial charge in [-0.25, -0.2) is 0 Å². The number of halogens is 3. The lowest BCUT2D eigenvalue weighted by molar-refractivity contribution is -0.208. The van der Waals surface area contributed by atoms with Crippen LogP contribution in [-0.2, 0) is 4.79 Å². The molecule has 1 aliphatic heterocycles. The van der Waals surface area contributed by atoms with Crippen molar-refractivity contribution in [3.63, 3.8) is 0 Å². The van der Waals surface area contributed by atoms with E-state index >= 15 is 0 Å². The van der Waals surface area contributed by atoms with Gasteiger partial charge in [-0.05, 0) is 38.2 Å². The van der Waals surface area contributed by atoms with Gasteiger partial charge in [-0.15, -0.1) is 0 Å². The number of aromatic amines is 1. The highest BCUT2D eigenvalue weighted by Gasteiger charge is 2.55. The Kier molecular flexibility index (Phi) is 8.26. The minimum atomic E-state index is -4.57. The van der Waals surface area contributed by atoms with Gasteiger partial charge in [0.1, 0.15) is 0 Å². The number of carbonyl (C=O) groups excluding carboxylic acids is 2. The third kappa shape index (κ3) is 6.63.